The van der Waals surface area contributed by atoms with Gasteiger partial charge in [-0.05, 0) is 74.9 Å². The number of aryl methyl sites for hydroxylation is 2. The van der Waals surface area contributed by atoms with E-state index in [1.165, 1.54) is 6.07 Å². The SMILES string of the molecule is Cc1cc2c(-c3ccc(C(F)(F)F)cc3F)cc([C@H]3CCO[C@@H](c4cnn(C5CC5)c4)C3)nc2nc1C. The first kappa shape index (κ1) is 24.0. The van der Waals surface area contributed by atoms with Gasteiger partial charge in [-0.2, -0.15) is 18.3 Å². The standard InChI is InChI=1S/C28H26F4N4O/c1-15-9-23-22(21-6-3-19(11-24(21)29)28(30,31)32)12-25(35-27(23)34-16(15)2)17-7-8-37-26(10-17)18-13-33-36(14-18)20-4-5-20/h3,6,9,11-14,17,20,26H,4-5,7-8,10H2,1-2H3/t17-,26+/m0/s1. The maximum atomic E-state index is 15.1. The molecule has 1 aliphatic heterocycles. The molecular weight excluding hydrogens is 484 g/mol. The Morgan fingerprint density at radius 3 is 2.54 bits per heavy atom. The molecular formula is C28H26F4N4O. The Morgan fingerprint density at radius 1 is 1.00 bits per heavy atom. The molecule has 9 heteroatoms. The number of fused-ring (bicyclic) bond motifs is 1. The van der Waals surface area contributed by atoms with Gasteiger partial charge in [-0.25, -0.2) is 14.4 Å². The van der Waals surface area contributed by atoms with Gasteiger partial charge >= 0.3 is 6.18 Å². The van der Waals surface area contributed by atoms with E-state index < -0.39 is 17.6 Å². The average molecular weight is 511 g/mol. The molecule has 0 N–H and O–H groups in total. The topological polar surface area (TPSA) is 52.8 Å². The fourth-order valence-electron chi connectivity index (χ4n) is 5.05. The second-order valence-corrected chi connectivity index (χ2v) is 10.1. The van der Waals surface area contributed by atoms with Gasteiger partial charge in [0.05, 0.1) is 23.9 Å². The molecule has 0 spiro atoms. The molecule has 1 aromatic carbocycles. The number of aromatic nitrogens is 4. The number of hydrogen-bond donors (Lipinski definition) is 0. The van der Waals surface area contributed by atoms with Crippen molar-refractivity contribution >= 4 is 11.0 Å². The van der Waals surface area contributed by atoms with Gasteiger partial charge in [-0.3, -0.25) is 4.68 Å². The normalized spacial score (nSPS) is 20.5. The fraction of sp³-hybridized carbons (Fsp3) is 0.393. The van der Waals surface area contributed by atoms with Crippen LogP contribution in [0.4, 0.5) is 17.6 Å². The largest absolute Gasteiger partial charge is 0.416 e. The molecule has 2 fully saturated rings. The fourth-order valence-corrected chi connectivity index (χ4v) is 5.05. The van der Waals surface area contributed by atoms with Gasteiger partial charge in [-0.15, -0.1) is 0 Å². The van der Waals surface area contributed by atoms with Crippen LogP contribution in [0.3, 0.4) is 0 Å². The summed E-state index contributed by atoms with van der Waals surface area (Å²) in [7, 11) is 0. The minimum Gasteiger partial charge on any atom is -0.373 e. The second-order valence-electron chi connectivity index (χ2n) is 10.1. The predicted octanol–water partition coefficient (Wildman–Crippen LogP) is 7.24. The van der Waals surface area contributed by atoms with Crippen molar-refractivity contribution in [3.63, 3.8) is 0 Å². The third-order valence-electron chi connectivity index (χ3n) is 7.47. The van der Waals surface area contributed by atoms with E-state index in [-0.39, 0.29) is 17.6 Å². The van der Waals surface area contributed by atoms with Crippen LogP contribution in [-0.4, -0.2) is 26.4 Å². The van der Waals surface area contributed by atoms with Crippen molar-refractivity contribution in [2.75, 3.05) is 6.61 Å². The van der Waals surface area contributed by atoms with E-state index in [1.807, 2.05) is 36.9 Å². The van der Waals surface area contributed by atoms with Crippen LogP contribution in [0.15, 0.2) is 42.7 Å². The highest BCUT2D eigenvalue weighted by molar-refractivity contribution is 5.93. The Hall–Kier alpha value is -3.33. The van der Waals surface area contributed by atoms with Crippen LogP contribution in [-0.2, 0) is 10.9 Å². The summed E-state index contributed by atoms with van der Waals surface area (Å²) in [6.07, 6.45) is 2.84. The monoisotopic (exact) mass is 510 g/mol. The van der Waals surface area contributed by atoms with E-state index in [9.17, 15) is 13.2 Å². The lowest BCUT2D eigenvalue weighted by molar-refractivity contribution is -0.137. The highest BCUT2D eigenvalue weighted by atomic mass is 19.4. The Morgan fingerprint density at radius 2 is 1.81 bits per heavy atom. The van der Waals surface area contributed by atoms with Crippen LogP contribution in [0.25, 0.3) is 22.2 Å². The van der Waals surface area contributed by atoms with Crippen molar-refractivity contribution in [2.24, 2.45) is 0 Å². The van der Waals surface area contributed by atoms with Crippen molar-refractivity contribution < 1.29 is 22.3 Å². The number of hydrogen-bond acceptors (Lipinski definition) is 4. The second kappa shape index (κ2) is 8.90. The summed E-state index contributed by atoms with van der Waals surface area (Å²) < 4.78 is 62.7. The van der Waals surface area contributed by atoms with Gasteiger partial charge in [0.25, 0.3) is 0 Å². The van der Waals surface area contributed by atoms with E-state index in [1.54, 1.807) is 0 Å². The van der Waals surface area contributed by atoms with Gasteiger partial charge in [0.2, 0.25) is 0 Å². The van der Waals surface area contributed by atoms with E-state index in [2.05, 4.69) is 16.3 Å². The van der Waals surface area contributed by atoms with Crippen LogP contribution >= 0.6 is 0 Å². The highest BCUT2D eigenvalue weighted by Crippen LogP contribution is 2.41. The number of benzene rings is 1. The van der Waals surface area contributed by atoms with Crippen molar-refractivity contribution in [1.82, 2.24) is 19.7 Å². The Kier molecular flexibility index (Phi) is 5.78. The van der Waals surface area contributed by atoms with E-state index in [0.717, 1.165) is 47.8 Å². The number of alkyl halides is 3. The first-order valence-electron chi connectivity index (χ1n) is 12.5. The summed E-state index contributed by atoms with van der Waals surface area (Å²) in [6.45, 7) is 4.31. The molecule has 0 bridgehead atoms. The average Bonchev–Trinajstić information content (AvgIpc) is 3.60. The summed E-state index contributed by atoms with van der Waals surface area (Å²) >= 11 is 0. The third-order valence-corrected chi connectivity index (χ3v) is 7.47. The van der Waals surface area contributed by atoms with E-state index in [4.69, 9.17) is 9.72 Å². The van der Waals surface area contributed by atoms with Crippen molar-refractivity contribution in [1.29, 1.82) is 0 Å². The molecule has 1 saturated heterocycles. The molecule has 4 heterocycles. The van der Waals surface area contributed by atoms with Crippen LogP contribution in [0.1, 0.15) is 71.8 Å². The molecule has 0 amide bonds. The van der Waals surface area contributed by atoms with Crippen molar-refractivity contribution in [2.45, 2.75) is 63.8 Å². The summed E-state index contributed by atoms with van der Waals surface area (Å²) in [6, 6.07) is 6.84. The molecule has 2 atom stereocenters. The molecule has 37 heavy (non-hydrogen) atoms. The predicted molar refractivity (Wildman–Crippen MR) is 131 cm³/mol. The van der Waals surface area contributed by atoms with Crippen LogP contribution in [0, 0.1) is 19.7 Å². The molecule has 0 radical (unpaired) electrons. The van der Waals surface area contributed by atoms with Crippen LogP contribution < -0.4 is 0 Å². The maximum Gasteiger partial charge on any atom is 0.416 e. The molecule has 192 valence electrons. The first-order valence-corrected chi connectivity index (χ1v) is 12.5. The molecule has 0 unspecified atom stereocenters. The van der Waals surface area contributed by atoms with Crippen LogP contribution in [0.5, 0.6) is 0 Å². The molecule has 4 aromatic rings. The molecule has 3 aromatic heterocycles. The van der Waals surface area contributed by atoms with Gasteiger partial charge < -0.3 is 4.74 Å². The number of pyridine rings is 2. The molecule has 2 aliphatic rings. The Balaban J connectivity index is 1.41. The quantitative estimate of drug-likeness (QED) is 0.272. The minimum atomic E-state index is -4.62. The van der Waals surface area contributed by atoms with Gasteiger partial charge in [-0.1, -0.05) is 6.07 Å². The van der Waals surface area contributed by atoms with E-state index >= 15 is 4.39 Å². The lowest BCUT2D eigenvalue weighted by Gasteiger charge is -2.29. The summed E-state index contributed by atoms with van der Waals surface area (Å²) in [5, 5.41) is 5.10. The number of rotatable bonds is 4. The summed E-state index contributed by atoms with van der Waals surface area (Å²) in [5.74, 6) is -0.907. The molecule has 6 rings (SSSR count). The summed E-state index contributed by atoms with van der Waals surface area (Å²) in [4.78, 5) is 9.51. The van der Waals surface area contributed by atoms with Crippen molar-refractivity contribution in [3.05, 3.63) is 76.6 Å². The number of nitrogens with zero attached hydrogens (tertiary/aromatic N) is 4. The highest BCUT2D eigenvalue weighted by Gasteiger charge is 2.32. The van der Waals surface area contributed by atoms with E-state index in [0.29, 0.717) is 41.7 Å². The molecule has 1 saturated carbocycles. The molecule has 1 aliphatic carbocycles. The zero-order chi connectivity index (χ0) is 25.9. The number of ether oxygens (including phenoxy) is 1. The lowest BCUT2D eigenvalue weighted by Crippen LogP contribution is -2.19. The first-order chi connectivity index (χ1) is 17.7. The van der Waals surface area contributed by atoms with Gasteiger partial charge in [0.15, 0.2) is 5.65 Å². The zero-order valence-corrected chi connectivity index (χ0v) is 20.5. The Labute approximate surface area is 211 Å². The van der Waals surface area contributed by atoms with Crippen molar-refractivity contribution in [3.8, 4) is 11.1 Å². The van der Waals surface area contributed by atoms with Gasteiger partial charge in [0, 0.05) is 46.6 Å². The number of halogens is 4. The lowest BCUT2D eigenvalue weighted by atomic mass is 9.88. The summed E-state index contributed by atoms with van der Waals surface area (Å²) in [5.41, 5.74) is 3.49. The third kappa shape index (κ3) is 4.61. The smallest absolute Gasteiger partial charge is 0.373 e. The molecule has 5 nitrogen and oxygen atoms in total. The minimum absolute atomic E-state index is 0.0205. The van der Waals surface area contributed by atoms with Crippen LogP contribution in [0.2, 0.25) is 0 Å². The Bertz CT molecular complexity index is 1490. The maximum absolute atomic E-state index is 15.1. The van der Waals surface area contributed by atoms with Gasteiger partial charge in [0.1, 0.15) is 5.82 Å². The zero-order valence-electron chi connectivity index (χ0n) is 20.5.